The number of benzene rings is 1. The second-order valence-corrected chi connectivity index (χ2v) is 4.15. The van der Waals surface area contributed by atoms with Gasteiger partial charge in [-0.05, 0) is 12.1 Å². The van der Waals surface area contributed by atoms with Crippen molar-refractivity contribution < 1.29 is 17.2 Å². The molecule has 5 nitrogen and oxygen atoms in total. The molecule has 1 aromatic carbocycles. The molecule has 0 aliphatic heterocycles. The van der Waals surface area contributed by atoms with E-state index in [9.17, 15) is 12.8 Å². The van der Waals surface area contributed by atoms with E-state index >= 15 is 0 Å². The SMILES string of the molecule is NS(=O)(=O)c1cccc2nc(F)oc12. The topological polar surface area (TPSA) is 86.2 Å². The monoisotopic (exact) mass is 216 g/mol. The summed E-state index contributed by atoms with van der Waals surface area (Å²) in [6.45, 7) is 0. The molecule has 7 heteroatoms. The normalized spacial score (nSPS) is 12.1. The number of sulfonamides is 1. The molecule has 14 heavy (non-hydrogen) atoms. The van der Waals surface area contributed by atoms with Crippen molar-refractivity contribution in [3.63, 3.8) is 0 Å². The highest BCUT2D eigenvalue weighted by molar-refractivity contribution is 7.89. The summed E-state index contributed by atoms with van der Waals surface area (Å²) in [6, 6.07) is 4.06. The molecule has 0 amide bonds. The maximum Gasteiger partial charge on any atom is 0.382 e. The van der Waals surface area contributed by atoms with Gasteiger partial charge in [-0.1, -0.05) is 6.07 Å². The van der Waals surface area contributed by atoms with Crippen LogP contribution in [0, 0.1) is 6.14 Å². The van der Waals surface area contributed by atoms with Gasteiger partial charge in [-0.25, -0.2) is 13.6 Å². The molecule has 0 radical (unpaired) electrons. The molecule has 0 spiro atoms. The first kappa shape index (κ1) is 9.10. The quantitative estimate of drug-likeness (QED) is 0.756. The smallest absolute Gasteiger partial charge is 0.382 e. The van der Waals surface area contributed by atoms with Crippen molar-refractivity contribution in [1.82, 2.24) is 4.98 Å². The Bertz CT molecular complexity index is 590. The summed E-state index contributed by atoms with van der Waals surface area (Å²) in [5, 5.41) is 4.89. The van der Waals surface area contributed by atoms with Crippen molar-refractivity contribution in [2.75, 3.05) is 0 Å². The van der Waals surface area contributed by atoms with Crippen molar-refractivity contribution in [3.8, 4) is 0 Å². The van der Waals surface area contributed by atoms with Crippen LogP contribution in [-0.4, -0.2) is 13.4 Å². The minimum Gasteiger partial charge on any atom is -0.413 e. The molecule has 0 fully saturated rings. The van der Waals surface area contributed by atoms with E-state index in [2.05, 4.69) is 9.40 Å². The molecule has 2 N–H and O–H groups in total. The number of nitrogens with two attached hydrogens (primary N) is 1. The summed E-state index contributed by atoms with van der Waals surface area (Å²) >= 11 is 0. The fourth-order valence-electron chi connectivity index (χ4n) is 1.12. The number of hydrogen-bond donors (Lipinski definition) is 1. The van der Waals surface area contributed by atoms with Crippen molar-refractivity contribution in [2.24, 2.45) is 5.14 Å². The van der Waals surface area contributed by atoms with Crippen molar-refractivity contribution in [1.29, 1.82) is 0 Å². The number of para-hydroxylation sites is 1. The lowest BCUT2D eigenvalue weighted by Crippen LogP contribution is -2.12. The van der Waals surface area contributed by atoms with Crippen LogP contribution in [0.2, 0.25) is 0 Å². The van der Waals surface area contributed by atoms with Gasteiger partial charge in [-0.15, -0.1) is 4.39 Å². The van der Waals surface area contributed by atoms with E-state index in [1.807, 2.05) is 0 Å². The number of primary sulfonamides is 1. The maximum atomic E-state index is 12.6. The van der Waals surface area contributed by atoms with Crippen LogP contribution in [0.5, 0.6) is 0 Å². The lowest BCUT2D eigenvalue weighted by molar-refractivity contribution is 0.352. The molecule has 0 saturated carbocycles. The third kappa shape index (κ3) is 1.36. The molecule has 0 aliphatic carbocycles. The summed E-state index contributed by atoms with van der Waals surface area (Å²) in [4.78, 5) is 3.06. The Hall–Kier alpha value is -1.47. The minimum absolute atomic E-state index is 0.119. The largest absolute Gasteiger partial charge is 0.413 e. The first-order chi connectivity index (χ1) is 6.48. The molecule has 1 aromatic heterocycles. The van der Waals surface area contributed by atoms with E-state index in [0.29, 0.717) is 0 Å². The molecular formula is C7H5FN2O3S. The molecule has 74 valence electrons. The molecule has 2 rings (SSSR count). The highest BCUT2D eigenvalue weighted by atomic mass is 32.2. The number of halogens is 1. The Balaban J connectivity index is 2.90. The van der Waals surface area contributed by atoms with Gasteiger partial charge < -0.3 is 4.42 Å². The molecule has 0 atom stereocenters. The zero-order chi connectivity index (χ0) is 10.3. The molecular weight excluding hydrogens is 211 g/mol. The fraction of sp³-hybridized carbons (Fsp3) is 0. The molecule has 0 aliphatic rings. The average Bonchev–Trinajstić information content (AvgIpc) is 2.41. The van der Waals surface area contributed by atoms with E-state index in [0.717, 1.165) is 0 Å². The Morgan fingerprint density at radius 2 is 2.14 bits per heavy atom. The van der Waals surface area contributed by atoms with Gasteiger partial charge in [0, 0.05) is 0 Å². The molecule has 1 heterocycles. The predicted molar refractivity (Wildman–Crippen MR) is 45.3 cm³/mol. The zero-order valence-corrected chi connectivity index (χ0v) is 7.58. The number of hydrogen-bond acceptors (Lipinski definition) is 4. The number of oxazole rings is 1. The number of rotatable bonds is 1. The number of aromatic nitrogens is 1. The van der Waals surface area contributed by atoms with Gasteiger partial charge in [0.2, 0.25) is 10.0 Å². The second kappa shape index (κ2) is 2.76. The minimum atomic E-state index is -3.92. The highest BCUT2D eigenvalue weighted by Gasteiger charge is 2.17. The molecule has 2 aromatic rings. The van der Waals surface area contributed by atoms with Crippen LogP contribution < -0.4 is 5.14 Å². The van der Waals surface area contributed by atoms with Gasteiger partial charge >= 0.3 is 6.14 Å². The van der Waals surface area contributed by atoms with Crippen LogP contribution in [-0.2, 0) is 10.0 Å². The van der Waals surface area contributed by atoms with Gasteiger partial charge in [0.25, 0.3) is 0 Å². The Morgan fingerprint density at radius 1 is 1.43 bits per heavy atom. The van der Waals surface area contributed by atoms with E-state index in [1.54, 1.807) is 0 Å². The Labute approximate surface area is 78.4 Å². The predicted octanol–water partition coefficient (Wildman–Crippen LogP) is 0.614. The zero-order valence-electron chi connectivity index (χ0n) is 6.77. The first-order valence-electron chi connectivity index (χ1n) is 3.56. The van der Waals surface area contributed by atoms with Crippen molar-refractivity contribution >= 4 is 21.1 Å². The van der Waals surface area contributed by atoms with Crippen LogP contribution in [0.1, 0.15) is 0 Å². The van der Waals surface area contributed by atoms with Crippen molar-refractivity contribution in [3.05, 3.63) is 24.3 Å². The summed E-state index contributed by atoms with van der Waals surface area (Å²) in [7, 11) is -3.92. The summed E-state index contributed by atoms with van der Waals surface area (Å²) < 4.78 is 39.1. The Morgan fingerprint density at radius 3 is 2.79 bits per heavy atom. The van der Waals surface area contributed by atoms with Crippen LogP contribution in [0.3, 0.4) is 0 Å². The second-order valence-electron chi connectivity index (χ2n) is 2.62. The van der Waals surface area contributed by atoms with Crippen LogP contribution in [0.15, 0.2) is 27.5 Å². The van der Waals surface area contributed by atoms with E-state index in [-0.39, 0.29) is 16.0 Å². The molecule has 0 bridgehead atoms. The van der Waals surface area contributed by atoms with E-state index < -0.39 is 16.2 Å². The van der Waals surface area contributed by atoms with E-state index in [1.165, 1.54) is 18.2 Å². The third-order valence-corrected chi connectivity index (χ3v) is 2.59. The van der Waals surface area contributed by atoms with Gasteiger partial charge in [0.15, 0.2) is 5.58 Å². The van der Waals surface area contributed by atoms with Gasteiger partial charge in [-0.2, -0.15) is 4.98 Å². The lowest BCUT2D eigenvalue weighted by Gasteiger charge is -1.96. The van der Waals surface area contributed by atoms with Crippen LogP contribution >= 0.6 is 0 Å². The highest BCUT2D eigenvalue weighted by Crippen LogP contribution is 2.21. The lowest BCUT2D eigenvalue weighted by atomic mass is 10.3. The van der Waals surface area contributed by atoms with Gasteiger partial charge in [-0.3, -0.25) is 0 Å². The standard InChI is InChI=1S/C7H5FN2O3S/c8-7-10-4-2-1-3-5(6(4)13-7)14(9,11)12/h1-3H,(H2,9,11,12). The maximum absolute atomic E-state index is 12.6. The summed E-state index contributed by atoms with van der Waals surface area (Å²) in [5.41, 5.74) is -0.0403. The summed E-state index contributed by atoms with van der Waals surface area (Å²) in [5.74, 6) is 0. The van der Waals surface area contributed by atoms with E-state index in [4.69, 9.17) is 5.14 Å². The van der Waals surface area contributed by atoms with Crippen LogP contribution in [0.25, 0.3) is 11.1 Å². The van der Waals surface area contributed by atoms with Crippen LogP contribution in [0.4, 0.5) is 4.39 Å². The summed E-state index contributed by atoms with van der Waals surface area (Å²) in [6.07, 6.45) is -1.09. The fourth-order valence-corrected chi connectivity index (χ4v) is 1.79. The molecule has 0 unspecified atom stereocenters. The molecule has 0 saturated heterocycles. The third-order valence-electron chi connectivity index (χ3n) is 1.66. The first-order valence-corrected chi connectivity index (χ1v) is 5.11. The number of nitrogens with zero attached hydrogens (tertiary/aromatic N) is 1. The van der Waals surface area contributed by atoms with Crippen molar-refractivity contribution in [2.45, 2.75) is 4.90 Å². The van der Waals surface area contributed by atoms with Gasteiger partial charge in [0.1, 0.15) is 10.4 Å². The Kier molecular flexibility index (Phi) is 1.79. The number of fused-ring (bicyclic) bond motifs is 1. The van der Waals surface area contributed by atoms with Gasteiger partial charge in [0.05, 0.1) is 0 Å². The average molecular weight is 216 g/mol.